The maximum atomic E-state index is 11.4. The Balaban J connectivity index is 2.34. The number of H-pyrrole nitrogens is 1. The van der Waals surface area contributed by atoms with Crippen LogP contribution in [0.25, 0.3) is 0 Å². The van der Waals surface area contributed by atoms with Crippen LogP contribution in [0.3, 0.4) is 0 Å². The lowest BCUT2D eigenvalue weighted by molar-refractivity contribution is 0.596. The molecular formula is C14H18N4O2S. The number of benzene rings is 1. The van der Waals surface area contributed by atoms with Crippen molar-refractivity contribution in [3.05, 3.63) is 50.5 Å². The summed E-state index contributed by atoms with van der Waals surface area (Å²) in [6, 6.07) is 7.95. The molecule has 1 heterocycles. The topological polar surface area (TPSA) is 93.8 Å². The van der Waals surface area contributed by atoms with Crippen LogP contribution in [-0.2, 0) is 13.5 Å². The number of nitrogens with one attached hydrogen (secondary N) is 1. The zero-order chi connectivity index (χ0) is 15.4. The molecule has 21 heavy (non-hydrogen) atoms. The highest BCUT2D eigenvalue weighted by molar-refractivity contribution is 7.99. The third kappa shape index (κ3) is 3.83. The van der Waals surface area contributed by atoms with Gasteiger partial charge >= 0.3 is 11.1 Å². The fourth-order valence-electron chi connectivity index (χ4n) is 1.85. The van der Waals surface area contributed by atoms with Gasteiger partial charge in [0.25, 0.3) is 0 Å². The van der Waals surface area contributed by atoms with Crippen LogP contribution in [0.2, 0.25) is 0 Å². The second kappa shape index (κ2) is 6.73. The van der Waals surface area contributed by atoms with E-state index in [1.807, 2.05) is 31.2 Å². The Bertz CT molecular complexity index is 738. The predicted octanol–water partition coefficient (Wildman–Crippen LogP) is 0.900. The Morgan fingerprint density at radius 1 is 1.38 bits per heavy atom. The van der Waals surface area contributed by atoms with Gasteiger partial charge in [-0.2, -0.15) is 4.98 Å². The number of aromatic nitrogens is 3. The van der Waals surface area contributed by atoms with Gasteiger partial charge in [-0.15, -0.1) is 0 Å². The molecule has 1 unspecified atom stereocenters. The molecule has 0 radical (unpaired) electrons. The van der Waals surface area contributed by atoms with Crippen LogP contribution in [0, 0.1) is 0 Å². The molecule has 0 spiro atoms. The molecule has 1 aromatic heterocycles. The van der Waals surface area contributed by atoms with Crippen molar-refractivity contribution in [1.29, 1.82) is 0 Å². The van der Waals surface area contributed by atoms with Crippen LogP contribution in [0.1, 0.15) is 18.9 Å². The molecule has 0 fully saturated rings. The highest BCUT2D eigenvalue weighted by Gasteiger charge is 2.11. The van der Waals surface area contributed by atoms with E-state index < -0.39 is 11.1 Å². The van der Waals surface area contributed by atoms with Crippen LogP contribution >= 0.6 is 11.8 Å². The summed E-state index contributed by atoms with van der Waals surface area (Å²) >= 11 is 1.34. The van der Waals surface area contributed by atoms with Gasteiger partial charge in [0, 0.05) is 18.0 Å². The predicted molar refractivity (Wildman–Crippen MR) is 82.6 cm³/mol. The first-order chi connectivity index (χ1) is 10.0. The molecular weight excluding hydrogens is 288 g/mol. The SMILES string of the molecule is CCC(N)Cc1ccccc1Sc1nc(=O)c(=O)[nH]n1C. The van der Waals surface area contributed by atoms with Crippen molar-refractivity contribution >= 4 is 11.8 Å². The summed E-state index contributed by atoms with van der Waals surface area (Å²) in [5, 5.41) is 2.88. The molecule has 1 atom stereocenters. The lowest BCUT2D eigenvalue weighted by atomic mass is 10.1. The molecule has 3 N–H and O–H groups in total. The fourth-order valence-corrected chi connectivity index (χ4v) is 2.79. The zero-order valence-corrected chi connectivity index (χ0v) is 12.8. The summed E-state index contributed by atoms with van der Waals surface area (Å²) in [5.74, 6) is 0. The first-order valence-electron chi connectivity index (χ1n) is 6.70. The van der Waals surface area contributed by atoms with Gasteiger partial charge in [-0.25, -0.2) is 0 Å². The number of rotatable bonds is 5. The lowest BCUT2D eigenvalue weighted by Gasteiger charge is -2.13. The number of nitrogens with zero attached hydrogens (tertiary/aromatic N) is 2. The molecule has 0 aliphatic rings. The van der Waals surface area contributed by atoms with E-state index in [4.69, 9.17) is 5.73 Å². The summed E-state index contributed by atoms with van der Waals surface area (Å²) in [6.07, 6.45) is 1.66. The summed E-state index contributed by atoms with van der Waals surface area (Å²) in [7, 11) is 1.65. The van der Waals surface area contributed by atoms with E-state index in [9.17, 15) is 9.59 Å². The van der Waals surface area contributed by atoms with Crippen LogP contribution < -0.4 is 16.9 Å². The quantitative estimate of drug-likeness (QED) is 0.800. The van der Waals surface area contributed by atoms with Crippen LogP contribution in [0.15, 0.2) is 43.9 Å². The van der Waals surface area contributed by atoms with Gasteiger partial charge < -0.3 is 5.73 Å². The summed E-state index contributed by atoms with van der Waals surface area (Å²) in [6.45, 7) is 2.05. The van der Waals surface area contributed by atoms with E-state index in [2.05, 4.69) is 10.1 Å². The Morgan fingerprint density at radius 2 is 2.10 bits per heavy atom. The molecule has 1 aromatic carbocycles. The minimum absolute atomic E-state index is 0.0964. The van der Waals surface area contributed by atoms with E-state index >= 15 is 0 Å². The van der Waals surface area contributed by atoms with E-state index in [-0.39, 0.29) is 6.04 Å². The maximum Gasteiger partial charge on any atom is 0.339 e. The van der Waals surface area contributed by atoms with E-state index in [0.29, 0.717) is 5.16 Å². The summed E-state index contributed by atoms with van der Waals surface area (Å²) in [5.41, 5.74) is 5.62. The Kier molecular flexibility index (Phi) is 4.98. The van der Waals surface area contributed by atoms with Gasteiger partial charge in [0.05, 0.1) is 0 Å². The highest BCUT2D eigenvalue weighted by Crippen LogP contribution is 2.28. The fraction of sp³-hybridized carbons (Fsp3) is 0.357. The van der Waals surface area contributed by atoms with Gasteiger partial charge in [0.15, 0.2) is 5.16 Å². The summed E-state index contributed by atoms with van der Waals surface area (Å²) in [4.78, 5) is 27.4. The highest BCUT2D eigenvalue weighted by atomic mass is 32.2. The van der Waals surface area contributed by atoms with Crippen LogP contribution in [0.5, 0.6) is 0 Å². The van der Waals surface area contributed by atoms with Crippen LogP contribution in [0.4, 0.5) is 0 Å². The van der Waals surface area contributed by atoms with Crippen molar-refractivity contribution in [1.82, 2.24) is 14.8 Å². The number of hydrogen-bond donors (Lipinski definition) is 2. The molecule has 0 saturated carbocycles. The van der Waals surface area contributed by atoms with Gasteiger partial charge in [-0.05, 0) is 36.2 Å². The van der Waals surface area contributed by atoms with Gasteiger partial charge in [0.1, 0.15) is 0 Å². The molecule has 0 bridgehead atoms. The average Bonchev–Trinajstić information content (AvgIpc) is 2.46. The van der Waals surface area contributed by atoms with Gasteiger partial charge in [-0.3, -0.25) is 19.4 Å². The van der Waals surface area contributed by atoms with E-state index in [1.165, 1.54) is 16.4 Å². The standard InChI is InChI=1S/C14H18N4O2S/c1-3-10(15)8-9-6-4-5-7-11(9)21-14-16-12(19)13(20)17-18(14)2/h4-7,10H,3,8,15H2,1-2H3,(H,17,20). The minimum atomic E-state index is -0.779. The second-order valence-electron chi connectivity index (χ2n) is 4.78. The molecule has 0 aliphatic carbocycles. The Hall–Kier alpha value is -1.86. The molecule has 112 valence electrons. The van der Waals surface area contributed by atoms with Gasteiger partial charge in [-0.1, -0.05) is 25.1 Å². The lowest BCUT2D eigenvalue weighted by Crippen LogP contribution is -2.33. The van der Waals surface area contributed by atoms with E-state index in [1.54, 1.807) is 7.05 Å². The molecule has 2 aromatic rings. The monoisotopic (exact) mass is 306 g/mol. The van der Waals surface area contributed by atoms with Crippen molar-refractivity contribution in [2.75, 3.05) is 0 Å². The first kappa shape index (κ1) is 15.5. The molecule has 0 saturated heterocycles. The third-order valence-corrected chi connectivity index (χ3v) is 4.29. The number of nitrogens with two attached hydrogens (primary N) is 1. The van der Waals surface area contributed by atoms with Crippen LogP contribution in [-0.4, -0.2) is 20.8 Å². The molecule has 6 nitrogen and oxygen atoms in total. The molecule has 0 aliphatic heterocycles. The van der Waals surface area contributed by atoms with Crippen molar-refractivity contribution < 1.29 is 0 Å². The smallest absolute Gasteiger partial charge is 0.327 e. The van der Waals surface area contributed by atoms with Crippen molar-refractivity contribution in [2.24, 2.45) is 12.8 Å². The van der Waals surface area contributed by atoms with Crippen molar-refractivity contribution in [3.8, 4) is 0 Å². The number of aryl methyl sites for hydroxylation is 1. The minimum Gasteiger partial charge on any atom is -0.327 e. The molecule has 7 heteroatoms. The Labute approximate surface area is 126 Å². The number of aromatic amines is 1. The maximum absolute atomic E-state index is 11.4. The first-order valence-corrected chi connectivity index (χ1v) is 7.51. The normalized spacial score (nSPS) is 12.3. The van der Waals surface area contributed by atoms with E-state index in [0.717, 1.165) is 23.3 Å². The molecule has 0 amide bonds. The molecule has 2 rings (SSSR count). The Morgan fingerprint density at radius 3 is 2.81 bits per heavy atom. The third-order valence-electron chi connectivity index (χ3n) is 3.13. The van der Waals surface area contributed by atoms with Crippen molar-refractivity contribution in [2.45, 2.75) is 35.9 Å². The second-order valence-corrected chi connectivity index (χ2v) is 5.79. The zero-order valence-electron chi connectivity index (χ0n) is 12.0. The van der Waals surface area contributed by atoms with Gasteiger partial charge in [0.2, 0.25) is 0 Å². The average molecular weight is 306 g/mol. The largest absolute Gasteiger partial charge is 0.339 e. The summed E-state index contributed by atoms with van der Waals surface area (Å²) < 4.78 is 1.45. The van der Waals surface area contributed by atoms with Crippen molar-refractivity contribution in [3.63, 3.8) is 0 Å². The number of hydrogen-bond acceptors (Lipinski definition) is 5.